The molecule has 0 spiro atoms. The van der Waals surface area contributed by atoms with Crippen LogP contribution in [0.2, 0.25) is 0 Å². The fourth-order valence-electron chi connectivity index (χ4n) is 2.55. The first kappa shape index (κ1) is 17.3. The predicted molar refractivity (Wildman–Crippen MR) is 96.6 cm³/mol. The Morgan fingerprint density at radius 1 is 1.20 bits per heavy atom. The lowest BCUT2D eigenvalue weighted by molar-refractivity contribution is -0.122. The molecule has 0 unspecified atom stereocenters. The molecule has 0 saturated carbocycles. The Hall–Kier alpha value is -2.51. The second kappa shape index (κ2) is 7.58. The molecule has 1 N–H and O–H groups in total. The fourth-order valence-corrected chi connectivity index (χ4v) is 3.40. The third kappa shape index (κ3) is 3.78. The molecule has 130 valence electrons. The summed E-state index contributed by atoms with van der Waals surface area (Å²) in [7, 11) is 1.59. The van der Waals surface area contributed by atoms with Crippen molar-refractivity contribution in [2.45, 2.75) is 6.42 Å². The van der Waals surface area contributed by atoms with E-state index in [1.54, 1.807) is 37.5 Å². The highest BCUT2D eigenvalue weighted by atomic mass is 32.2. The SMILES string of the molecule is COCCCN1C(=O)S/C(=C/c2cccn2-c2ccc(O)cc2)C1=O. The van der Waals surface area contributed by atoms with Gasteiger partial charge in [0.15, 0.2) is 0 Å². The van der Waals surface area contributed by atoms with E-state index in [1.165, 1.54) is 4.90 Å². The zero-order valence-corrected chi connectivity index (χ0v) is 14.5. The zero-order valence-electron chi connectivity index (χ0n) is 13.7. The van der Waals surface area contributed by atoms with Crippen molar-refractivity contribution in [2.24, 2.45) is 0 Å². The number of hydrogen-bond acceptors (Lipinski definition) is 5. The Balaban J connectivity index is 1.82. The van der Waals surface area contributed by atoms with Crippen molar-refractivity contribution in [3.8, 4) is 11.4 Å². The number of aromatic hydroxyl groups is 1. The highest BCUT2D eigenvalue weighted by molar-refractivity contribution is 8.18. The van der Waals surface area contributed by atoms with Gasteiger partial charge in [-0.2, -0.15) is 0 Å². The van der Waals surface area contributed by atoms with Gasteiger partial charge >= 0.3 is 0 Å². The van der Waals surface area contributed by atoms with Crippen molar-refractivity contribution in [1.82, 2.24) is 9.47 Å². The van der Waals surface area contributed by atoms with Crippen molar-refractivity contribution in [1.29, 1.82) is 0 Å². The second-order valence-corrected chi connectivity index (χ2v) is 6.49. The monoisotopic (exact) mass is 358 g/mol. The molecule has 7 heteroatoms. The van der Waals surface area contributed by atoms with E-state index in [0.717, 1.165) is 23.1 Å². The molecule has 0 atom stereocenters. The molecule has 6 nitrogen and oxygen atoms in total. The summed E-state index contributed by atoms with van der Waals surface area (Å²) in [6, 6.07) is 10.5. The van der Waals surface area contributed by atoms with Crippen molar-refractivity contribution in [2.75, 3.05) is 20.3 Å². The van der Waals surface area contributed by atoms with Crippen LogP contribution in [0.1, 0.15) is 12.1 Å². The number of hydrogen-bond donors (Lipinski definition) is 1. The Morgan fingerprint density at radius 2 is 1.96 bits per heavy atom. The molecular weight excluding hydrogens is 340 g/mol. The highest BCUT2D eigenvalue weighted by Crippen LogP contribution is 2.32. The molecule has 1 aromatic carbocycles. The number of carbonyl (C=O) groups is 2. The molecule has 1 saturated heterocycles. The lowest BCUT2D eigenvalue weighted by Gasteiger charge is -2.11. The quantitative estimate of drug-likeness (QED) is 0.634. The number of phenolic OH excluding ortho intramolecular Hbond substituents is 1. The predicted octanol–water partition coefficient (Wildman–Crippen LogP) is 3.26. The third-order valence-corrected chi connectivity index (χ3v) is 4.70. The highest BCUT2D eigenvalue weighted by Gasteiger charge is 2.34. The summed E-state index contributed by atoms with van der Waals surface area (Å²) in [5.41, 5.74) is 1.64. The van der Waals surface area contributed by atoms with Crippen LogP contribution in [0.25, 0.3) is 11.8 Å². The lowest BCUT2D eigenvalue weighted by Crippen LogP contribution is -2.29. The standard InChI is InChI=1S/C18H18N2O4S/c1-24-11-3-10-20-17(22)16(25-18(20)23)12-14-4-2-9-19(14)13-5-7-15(21)8-6-13/h2,4-9,12,21H,3,10-11H2,1H3/b16-12+. The summed E-state index contributed by atoms with van der Waals surface area (Å²) in [6.07, 6.45) is 4.20. The van der Waals surface area contributed by atoms with E-state index < -0.39 is 0 Å². The number of phenols is 1. The van der Waals surface area contributed by atoms with Crippen LogP contribution in [0.3, 0.4) is 0 Å². The summed E-state index contributed by atoms with van der Waals surface area (Å²) in [4.78, 5) is 26.2. The van der Waals surface area contributed by atoms with Gasteiger partial charge in [0, 0.05) is 37.8 Å². The van der Waals surface area contributed by atoms with E-state index in [4.69, 9.17) is 4.74 Å². The first-order valence-corrected chi connectivity index (χ1v) is 8.63. The first-order chi connectivity index (χ1) is 12.1. The van der Waals surface area contributed by atoms with E-state index in [1.807, 2.05) is 22.9 Å². The minimum atomic E-state index is -0.274. The number of aromatic nitrogens is 1. The molecule has 2 aromatic rings. The van der Waals surface area contributed by atoms with Gasteiger partial charge in [-0.15, -0.1) is 0 Å². The first-order valence-electron chi connectivity index (χ1n) is 7.81. The number of amides is 2. The third-order valence-electron chi connectivity index (χ3n) is 3.79. The molecule has 2 amide bonds. The van der Waals surface area contributed by atoms with Gasteiger partial charge < -0.3 is 14.4 Å². The Labute approximate surface area is 149 Å². The van der Waals surface area contributed by atoms with Gasteiger partial charge in [-0.1, -0.05) is 0 Å². The lowest BCUT2D eigenvalue weighted by atomic mass is 10.3. The van der Waals surface area contributed by atoms with E-state index in [0.29, 0.717) is 24.5 Å². The van der Waals surface area contributed by atoms with Gasteiger partial charge in [0.2, 0.25) is 0 Å². The van der Waals surface area contributed by atoms with Crippen LogP contribution in [-0.2, 0) is 9.53 Å². The van der Waals surface area contributed by atoms with Crippen molar-refractivity contribution < 1.29 is 19.4 Å². The van der Waals surface area contributed by atoms with E-state index in [-0.39, 0.29) is 16.9 Å². The number of ether oxygens (including phenoxy) is 1. The topological polar surface area (TPSA) is 71.8 Å². The van der Waals surface area contributed by atoms with Crippen molar-refractivity contribution in [3.05, 3.63) is 53.2 Å². The molecule has 2 heterocycles. The van der Waals surface area contributed by atoms with E-state index >= 15 is 0 Å². The second-order valence-electron chi connectivity index (χ2n) is 5.50. The summed E-state index contributed by atoms with van der Waals surface area (Å²) in [5.74, 6) is -0.0841. The Kier molecular flexibility index (Phi) is 5.25. The van der Waals surface area contributed by atoms with Gasteiger partial charge in [-0.05, 0) is 60.7 Å². The van der Waals surface area contributed by atoms with Crippen molar-refractivity contribution in [3.63, 3.8) is 0 Å². The normalized spacial score (nSPS) is 16.2. The molecule has 1 aromatic heterocycles. The smallest absolute Gasteiger partial charge is 0.293 e. The van der Waals surface area contributed by atoms with Crippen LogP contribution in [0, 0.1) is 0 Å². The van der Waals surface area contributed by atoms with Crippen LogP contribution in [0.15, 0.2) is 47.5 Å². The number of imide groups is 1. The summed E-state index contributed by atoms with van der Waals surface area (Å²) in [5, 5.41) is 9.16. The number of rotatable bonds is 6. The minimum absolute atomic E-state index is 0.189. The molecule has 25 heavy (non-hydrogen) atoms. The maximum absolute atomic E-state index is 12.5. The van der Waals surface area contributed by atoms with Gasteiger partial charge in [-0.3, -0.25) is 14.5 Å². The van der Waals surface area contributed by atoms with Crippen LogP contribution in [0.4, 0.5) is 4.79 Å². The van der Waals surface area contributed by atoms with Gasteiger partial charge in [-0.25, -0.2) is 0 Å². The average molecular weight is 358 g/mol. The van der Waals surface area contributed by atoms with Gasteiger partial charge in [0.1, 0.15) is 5.75 Å². The van der Waals surface area contributed by atoms with Crippen molar-refractivity contribution >= 4 is 29.0 Å². The van der Waals surface area contributed by atoms with Crippen LogP contribution in [-0.4, -0.2) is 46.0 Å². The zero-order chi connectivity index (χ0) is 17.8. The van der Waals surface area contributed by atoms with E-state index in [2.05, 4.69) is 0 Å². The van der Waals surface area contributed by atoms with Gasteiger partial charge in [0.25, 0.3) is 11.1 Å². The van der Waals surface area contributed by atoms with Crippen LogP contribution >= 0.6 is 11.8 Å². The Bertz CT molecular complexity index is 811. The molecule has 0 radical (unpaired) electrons. The number of nitrogens with zero attached hydrogens (tertiary/aromatic N) is 2. The maximum Gasteiger partial charge on any atom is 0.293 e. The summed E-state index contributed by atoms with van der Waals surface area (Å²) < 4.78 is 6.85. The number of carbonyl (C=O) groups excluding carboxylic acids is 2. The molecular formula is C18H18N2O4S. The molecule has 3 rings (SSSR count). The fraction of sp³-hybridized carbons (Fsp3) is 0.222. The number of benzene rings is 1. The molecule has 1 fully saturated rings. The molecule has 0 bridgehead atoms. The maximum atomic E-state index is 12.5. The van der Waals surface area contributed by atoms with Gasteiger partial charge in [0.05, 0.1) is 4.91 Å². The van der Waals surface area contributed by atoms with Crippen LogP contribution < -0.4 is 0 Å². The van der Waals surface area contributed by atoms with Crippen LogP contribution in [0.5, 0.6) is 5.75 Å². The molecule has 0 aliphatic carbocycles. The summed E-state index contributed by atoms with van der Waals surface area (Å²) >= 11 is 0.949. The van der Waals surface area contributed by atoms with E-state index in [9.17, 15) is 14.7 Å². The molecule has 1 aliphatic rings. The largest absolute Gasteiger partial charge is 0.508 e. The average Bonchev–Trinajstić information content (AvgIpc) is 3.16. The Morgan fingerprint density at radius 3 is 2.68 bits per heavy atom. The summed E-state index contributed by atoms with van der Waals surface area (Å²) in [6.45, 7) is 0.860. The minimum Gasteiger partial charge on any atom is -0.508 e. The number of thioether (sulfide) groups is 1. The number of methoxy groups -OCH3 is 1. The molecule has 1 aliphatic heterocycles.